The minimum Gasteiger partial charge on any atom is -0.495 e. The number of nitrogens with one attached hydrogen (secondary N) is 1. The second-order valence-electron chi connectivity index (χ2n) is 4.73. The molecule has 114 valence electrons. The third-order valence-electron chi connectivity index (χ3n) is 2.62. The lowest BCUT2D eigenvalue weighted by Gasteiger charge is -2.15. The maximum atomic E-state index is 9.81. The van der Waals surface area contributed by atoms with Gasteiger partial charge in [-0.15, -0.1) is 0 Å². The molecule has 5 heteroatoms. The lowest BCUT2D eigenvalue weighted by molar-refractivity contribution is -0.00734. The van der Waals surface area contributed by atoms with Crippen LogP contribution in [0.4, 0.5) is 5.69 Å². The van der Waals surface area contributed by atoms with Crippen molar-refractivity contribution in [2.24, 2.45) is 0 Å². The number of aliphatic hydroxyl groups is 1. The highest BCUT2D eigenvalue weighted by Gasteiger charge is 2.06. The van der Waals surface area contributed by atoms with E-state index in [1.807, 2.05) is 38.1 Å². The van der Waals surface area contributed by atoms with Crippen LogP contribution in [-0.2, 0) is 9.47 Å². The van der Waals surface area contributed by atoms with Crippen molar-refractivity contribution in [2.75, 3.05) is 38.8 Å². The molecule has 20 heavy (non-hydrogen) atoms. The van der Waals surface area contributed by atoms with E-state index in [9.17, 15) is 5.11 Å². The van der Waals surface area contributed by atoms with Crippen LogP contribution in [0.15, 0.2) is 24.3 Å². The predicted octanol–water partition coefficient (Wildman–Crippen LogP) is 1.91. The summed E-state index contributed by atoms with van der Waals surface area (Å²) in [7, 11) is 1.62. The lowest BCUT2D eigenvalue weighted by atomic mass is 10.2. The topological polar surface area (TPSA) is 60.0 Å². The molecule has 0 heterocycles. The first-order valence-electron chi connectivity index (χ1n) is 6.87. The van der Waals surface area contributed by atoms with Gasteiger partial charge in [0.25, 0.3) is 0 Å². The molecule has 0 bridgehead atoms. The van der Waals surface area contributed by atoms with Gasteiger partial charge in [0.2, 0.25) is 0 Å². The molecule has 0 aliphatic carbocycles. The van der Waals surface area contributed by atoms with Crippen molar-refractivity contribution < 1.29 is 19.3 Å². The molecule has 0 saturated heterocycles. The lowest BCUT2D eigenvalue weighted by Crippen LogP contribution is -2.26. The zero-order valence-electron chi connectivity index (χ0n) is 12.5. The number of ether oxygens (including phenoxy) is 3. The molecule has 0 aliphatic heterocycles. The van der Waals surface area contributed by atoms with E-state index in [-0.39, 0.29) is 12.7 Å². The Bertz CT molecular complexity index is 371. The molecular weight excluding hydrogens is 258 g/mol. The fraction of sp³-hybridized carbons (Fsp3) is 0.600. The Labute approximate surface area is 120 Å². The summed E-state index contributed by atoms with van der Waals surface area (Å²) in [6.07, 6.45) is -0.366. The number of aliphatic hydroxyl groups excluding tert-OH is 1. The Morgan fingerprint density at radius 3 is 2.65 bits per heavy atom. The van der Waals surface area contributed by atoms with Gasteiger partial charge in [0, 0.05) is 6.54 Å². The number of hydrogen-bond acceptors (Lipinski definition) is 5. The zero-order chi connectivity index (χ0) is 14.8. The molecule has 1 unspecified atom stereocenters. The first-order valence-corrected chi connectivity index (χ1v) is 6.87. The summed E-state index contributed by atoms with van der Waals surface area (Å²) in [5.74, 6) is 0.756. The number of para-hydroxylation sites is 2. The number of anilines is 1. The van der Waals surface area contributed by atoms with E-state index in [1.165, 1.54) is 0 Å². The van der Waals surface area contributed by atoms with Gasteiger partial charge >= 0.3 is 0 Å². The molecule has 2 N–H and O–H groups in total. The van der Waals surface area contributed by atoms with Crippen molar-refractivity contribution in [2.45, 2.75) is 26.1 Å². The zero-order valence-corrected chi connectivity index (χ0v) is 12.5. The predicted molar refractivity (Wildman–Crippen MR) is 79.4 cm³/mol. The van der Waals surface area contributed by atoms with Gasteiger partial charge < -0.3 is 24.6 Å². The molecule has 1 aromatic rings. The van der Waals surface area contributed by atoms with E-state index in [4.69, 9.17) is 14.2 Å². The van der Waals surface area contributed by atoms with Crippen LogP contribution in [0.3, 0.4) is 0 Å². The molecule has 0 radical (unpaired) electrons. The quantitative estimate of drug-likeness (QED) is 0.642. The Hall–Kier alpha value is -1.30. The molecule has 1 atom stereocenters. The van der Waals surface area contributed by atoms with E-state index in [0.29, 0.717) is 19.8 Å². The van der Waals surface area contributed by atoms with Gasteiger partial charge in [-0.1, -0.05) is 12.1 Å². The molecule has 0 spiro atoms. The SMILES string of the molecule is COc1ccccc1NCC(O)COCCOC(C)C. The monoisotopic (exact) mass is 283 g/mol. The van der Waals surface area contributed by atoms with E-state index >= 15 is 0 Å². The highest BCUT2D eigenvalue weighted by atomic mass is 16.5. The van der Waals surface area contributed by atoms with Crippen LogP contribution >= 0.6 is 0 Å². The number of benzene rings is 1. The Morgan fingerprint density at radius 1 is 1.20 bits per heavy atom. The van der Waals surface area contributed by atoms with Crippen LogP contribution in [0.25, 0.3) is 0 Å². The van der Waals surface area contributed by atoms with Gasteiger partial charge in [0.15, 0.2) is 0 Å². The third-order valence-corrected chi connectivity index (χ3v) is 2.62. The van der Waals surface area contributed by atoms with E-state index in [2.05, 4.69) is 5.32 Å². The summed E-state index contributed by atoms with van der Waals surface area (Å²) in [5, 5.41) is 13.0. The van der Waals surface area contributed by atoms with Gasteiger partial charge in [-0.2, -0.15) is 0 Å². The maximum absolute atomic E-state index is 9.81. The number of hydrogen-bond donors (Lipinski definition) is 2. The third kappa shape index (κ3) is 6.75. The number of methoxy groups -OCH3 is 1. The van der Waals surface area contributed by atoms with E-state index < -0.39 is 6.10 Å². The highest BCUT2D eigenvalue weighted by molar-refractivity contribution is 5.56. The Morgan fingerprint density at radius 2 is 1.95 bits per heavy atom. The normalized spacial score (nSPS) is 12.4. The fourth-order valence-electron chi connectivity index (χ4n) is 1.64. The van der Waals surface area contributed by atoms with Gasteiger partial charge in [-0.05, 0) is 26.0 Å². The average Bonchev–Trinajstić information content (AvgIpc) is 2.44. The minimum atomic E-state index is -0.570. The highest BCUT2D eigenvalue weighted by Crippen LogP contribution is 2.22. The molecule has 0 saturated carbocycles. The van der Waals surface area contributed by atoms with Crippen molar-refractivity contribution in [3.8, 4) is 5.75 Å². The van der Waals surface area contributed by atoms with E-state index in [0.717, 1.165) is 11.4 Å². The van der Waals surface area contributed by atoms with Crippen LogP contribution in [0.5, 0.6) is 5.75 Å². The molecule has 1 aromatic carbocycles. The van der Waals surface area contributed by atoms with Crippen molar-refractivity contribution in [3.63, 3.8) is 0 Å². The second kappa shape index (κ2) is 9.58. The maximum Gasteiger partial charge on any atom is 0.141 e. The molecule has 0 amide bonds. The van der Waals surface area contributed by atoms with Crippen molar-refractivity contribution in [3.05, 3.63) is 24.3 Å². The summed E-state index contributed by atoms with van der Waals surface area (Å²) < 4.78 is 15.9. The van der Waals surface area contributed by atoms with Gasteiger partial charge in [-0.3, -0.25) is 0 Å². The van der Waals surface area contributed by atoms with Crippen molar-refractivity contribution >= 4 is 5.69 Å². The standard InChI is InChI=1S/C15H25NO4/c1-12(2)20-9-8-19-11-13(17)10-16-14-6-4-5-7-15(14)18-3/h4-7,12-13,16-17H,8-11H2,1-3H3. The average molecular weight is 283 g/mol. The first kappa shape index (κ1) is 16.8. The second-order valence-corrected chi connectivity index (χ2v) is 4.73. The number of rotatable bonds is 10. The van der Waals surface area contributed by atoms with E-state index in [1.54, 1.807) is 7.11 Å². The van der Waals surface area contributed by atoms with Crippen LogP contribution in [0.1, 0.15) is 13.8 Å². The minimum absolute atomic E-state index is 0.204. The van der Waals surface area contributed by atoms with Crippen LogP contribution in [0.2, 0.25) is 0 Å². The summed E-state index contributed by atoms with van der Waals surface area (Å²) in [6.45, 7) is 5.68. The van der Waals surface area contributed by atoms with Gasteiger partial charge in [-0.25, -0.2) is 0 Å². The van der Waals surface area contributed by atoms with Crippen LogP contribution in [-0.4, -0.2) is 50.8 Å². The summed E-state index contributed by atoms with van der Waals surface area (Å²) in [4.78, 5) is 0. The molecule has 0 aliphatic rings. The molecule has 0 fully saturated rings. The van der Waals surface area contributed by atoms with Gasteiger partial charge in [0.05, 0.1) is 44.8 Å². The first-order chi connectivity index (χ1) is 9.63. The summed E-state index contributed by atoms with van der Waals surface area (Å²) >= 11 is 0. The van der Waals surface area contributed by atoms with Crippen molar-refractivity contribution in [1.29, 1.82) is 0 Å². The molecule has 0 aromatic heterocycles. The fourth-order valence-corrected chi connectivity index (χ4v) is 1.64. The van der Waals surface area contributed by atoms with Crippen LogP contribution in [0, 0.1) is 0 Å². The smallest absolute Gasteiger partial charge is 0.141 e. The Balaban J connectivity index is 2.18. The largest absolute Gasteiger partial charge is 0.495 e. The van der Waals surface area contributed by atoms with Crippen molar-refractivity contribution in [1.82, 2.24) is 0 Å². The summed E-state index contributed by atoms with van der Waals surface area (Å²) in [5.41, 5.74) is 0.859. The summed E-state index contributed by atoms with van der Waals surface area (Å²) in [6, 6.07) is 7.59. The molecular formula is C15H25NO4. The van der Waals surface area contributed by atoms with Gasteiger partial charge in [0.1, 0.15) is 5.75 Å². The van der Waals surface area contributed by atoms with Crippen LogP contribution < -0.4 is 10.1 Å². The molecule has 1 rings (SSSR count). The molecule has 5 nitrogen and oxygen atoms in total. The Kier molecular flexibility index (Phi) is 8.02.